The first kappa shape index (κ1) is 19.7. The van der Waals surface area contributed by atoms with Crippen LogP contribution >= 0.6 is 0 Å². The second kappa shape index (κ2) is 8.42. The first-order valence-corrected chi connectivity index (χ1v) is 9.73. The van der Waals surface area contributed by atoms with Gasteiger partial charge in [0, 0.05) is 6.42 Å². The number of fused-ring (bicyclic) bond motifs is 1. The summed E-state index contributed by atoms with van der Waals surface area (Å²) in [6.45, 7) is -0.398. The van der Waals surface area contributed by atoms with Crippen LogP contribution in [-0.4, -0.2) is 59.8 Å². The number of benzene rings is 1. The molecule has 0 aliphatic carbocycles. The number of hydrogen-bond acceptors (Lipinski definition) is 8. The maximum absolute atomic E-state index is 10.3. The zero-order chi connectivity index (χ0) is 20.4. The van der Waals surface area contributed by atoms with E-state index in [1.807, 2.05) is 18.2 Å². The van der Waals surface area contributed by atoms with Crippen LogP contribution in [0.1, 0.15) is 30.5 Å². The zero-order valence-corrected chi connectivity index (χ0v) is 15.9. The second-order valence-electron chi connectivity index (χ2n) is 7.27. The van der Waals surface area contributed by atoms with Crippen LogP contribution in [0.15, 0.2) is 36.7 Å². The van der Waals surface area contributed by atoms with E-state index in [-0.39, 0.29) is 5.82 Å². The van der Waals surface area contributed by atoms with Gasteiger partial charge in [0.1, 0.15) is 29.7 Å². The molecule has 9 nitrogen and oxygen atoms in total. The Labute approximate surface area is 167 Å². The molecule has 154 valence electrons. The molecule has 4 rings (SSSR count). The third-order valence-electron chi connectivity index (χ3n) is 5.24. The highest BCUT2D eigenvalue weighted by Crippen LogP contribution is 2.32. The average molecular weight is 399 g/mol. The molecule has 0 saturated carbocycles. The van der Waals surface area contributed by atoms with Gasteiger partial charge in [-0.25, -0.2) is 15.0 Å². The SMILES string of the molecule is Nc1nc(CCCCc2ccccc2)nc2c1ncn2[C@@H]1O[C@H](CO)[C@@H](O)[C@H]1O. The van der Waals surface area contributed by atoms with E-state index in [1.165, 1.54) is 16.5 Å². The fourth-order valence-corrected chi connectivity index (χ4v) is 3.65. The fourth-order valence-electron chi connectivity index (χ4n) is 3.65. The third kappa shape index (κ3) is 3.95. The van der Waals surface area contributed by atoms with Crippen LogP contribution in [0.5, 0.6) is 0 Å². The molecule has 9 heteroatoms. The summed E-state index contributed by atoms with van der Waals surface area (Å²) in [5, 5.41) is 29.6. The van der Waals surface area contributed by atoms with Crippen LogP contribution < -0.4 is 5.73 Å². The van der Waals surface area contributed by atoms with Crippen molar-refractivity contribution in [3.63, 3.8) is 0 Å². The largest absolute Gasteiger partial charge is 0.394 e. The van der Waals surface area contributed by atoms with Gasteiger partial charge in [-0.3, -0.25) is 4.57 Å². The molecule has 1 aliphatic heterocycles. The predicted molar refractivity (Wildman–Crippen MR) is 106 cm³/mol. The molecule has 4 atom stereocenters. The van der Waals surface area contributed by atoms with E-state index < -0.39 is 31.1 Å². The Bertz CT molecular complexity index is 964. The van der Waals surface area contributed by atoms with Crippen LogP contribution in [-0.2, 0) is 17.6 Å². The van der Waals surface area contributed by atoms with Crippen molar-refractivity contribution in [2.24, 2.45) is 0 Å². The monoisotopic (exact) mass is 399 g/mol. The summed E-state index contributed by atoms with van der Waals surface area (Å²) < 4.78 is 7.12. The summed E-state index contributed by atoms with van der Waals surface area (Å²) in [7, 11) is 0. The smallest absolute Gasteiger partial charge is 0.167 e. The van der Waals surface area contributed by atoms with Gasteiger partial charge in [0.25, 0.3) is 0 Å². The van der Waals surface area contributed by atoms with Crippen LogP contribution in [0.4, 0.5) is 5.82 Å². The number of nitrogens with zero attached hydrogens (tertiary/aromatic N) is 4. The first-order chi connectivity index (χ1) is 14.1. The molecular weight excluding hydrogens is 374 g/mol. The highest BCUT2D eigenvalue weighted by atomic mass is 16.6. The van der Waals surface area contributed by atoms with Crippen LogP contribution in [0.25, 0.3) is 11.2 Å². The molecule has 1 saturated heterocycles. The van der Waals surface area contributed by atoms with Gasteiger partial charge < -0.3 is 25.8 Å². The average Bonchev–Trinajstić information content (AvgIpc) is 3.28. The number of ether oxygens (including phenoxy) is 1. The lowest BCUT2D eigenvalue weighted by atomic mass is 10.1. The van der Waals surface area contributed by atoms with E-state index in [2.05, 4.69) is 27.1 Å². The summed E-state index contributed by atoms with van der Waals surface area (Å²) in [5.41, 5.74) is 8.21. The highest BCUT2D eigenvalue weighted by molar-refractivity contribution is 5.81. The van der Waals surface area contributed by atoms with Gasteiger partial charge in [-0.05, 0) is 24.8 Å². The molecule has 5 N–H and O–H groups in total. The van der Waals surface area contributed by atoms with Crippen molar-refractivity contribution in [1.82, 2.24) is 19.5 Å². The lowest BCUT2D eigenvalue weighted by Crippen LogP contribution is -2.33. The van der Waals surface area contributed by atoms with Gasteiger partial charge >= 0.3 is 0 Å². The number of hydrogen-bond donors (Lipinski definition) is 4. The number of imidazole rings is 1. The minimum Gasteiger partial charge on any atom is -0.394 e. The quantitative estimate of drug-likeness (QED) is 0.423. The number of nitrogen functional groups attached to an aromatic ring is 1. The van der Waals surface area contributed by atoms with E-state index >= 15 is 0 Å². The van der Waals surface area contributed by atoms with Crippen molar-refractivity contribution in [1.29, 1.82) is 0 Å². The Morgan fingerprint density at radius 2 is 1.79 bits per heavy atom. The number of aliphatic hydroxyl groups is 3. The van der Waals surface area contributed by atoms with Crippen LogP contribution in [0.3, 0.4) is 0 Å². The van der Waals surface area contributed by atoms with Gasteiger partial charge in [0.05, 0.1) is 12.9 Å². The molecular formula is C20H25N5O4. The molecule has 0 radical (unpaired) electrons. The van der Waals surface area contributed by atoms with Crippen LogP contribution in [0, 0.1) is 0 Å². The van der Waals surface area contributed by atoms with Crippen LogP contribution in [0.2, 0.25) is 0 Å². The number of aliphatic hydroxyl groups excluding tert-OH is 3. The molecule has 1 aliphatic rings. The molecule has 0 amide bonds. The van der Waals surface area contributed by atoms with Gasteiger partial charge in [-0.1, -0.05) is 30.3 Å². The minimum absolute atomic E-state index is 0.263. The molecule has 0 bridgehead atoms. The molecule has 0 spiro atoms. The fraction of sp³-hybridized carbons (Fsp3) is 0.450. The normalized spacial score (nSPS) is 24.4. The zero-order valence-electron chi connectivity index (χ0n) is 15.9. The Morgan fingerprint density at radius 3 is 2.52 bits per heavy atom. The van der Waals surface area contributed by atoms with E-state index in [0.29, 0.717) is 23.4 Å². The summed E-state index contributed by atoms with van der Waals surface area (Å²) in [4.78, 5) is 13.1. The van der Waals surface area contributed by atoms with Crippen molar-refractivity contribution >= 4 is 17.0 Å². The highest BCUT2D eigenvalue weighted by Gasteiger charge is 2.44. The summed E-state index contributed by atoms with van der Waals surface area (Å²) in [6, 6.07) is 10.3. The topological polar surface area (TPSA) is 140 Å². The molecule has 0 unspecified atom stereocenters. The number of rotatable bonds is 7. The van der Waals surface area contributed by atoms with Gasteiger partial charge in [-0.15, -0.1) is 0 Å². The Kier molecular flexibility index (Phi) is 5.72. The number of aromatic nitrogens is 4. The molecule has 29 heavy (non-hydrogen) atoms. The van der Waals surface area contributed by atoms with Crippen molar-refractivity contribution < 1.29 is 20.1 Å². The van der Waals surface area contributed by atoms with Crippen molar-refractivity contribution in [2.45, 2.75) is 50.2 Å². The molecule has 1 aromatic carbocycles. The Morgan fingerprint density at radius 1 is 1.03 bits per heavy atom. The maximum Gasteiger partial charge on any atom is 0.167 e. The summed E-state index contributed by atoms with van der Waals surface area (Å²) >= 11 is 0. The number of nitrogens with two attached hydrogens (primary N) is 1. The van der Waals surface area contributed by atoms with Gasteiger partial charge in [-0.2, -0.15) is 0 Å². The standard InChI is InChI=1S/C20H25N5O4/c21-18-15-19(25(11-22-15)20-17(28)16(27)13(10-26)29-20)24-14(23-18)9-5-4-8-12-6-2-1-3-7-12/h1-3,6-7,11,13,16-17,20,26-28H,4-5,8-10H2,(H2,21,23,24)/t13-,16-,17-,20-/m1/s1. The molecule has 1 fully saturated rings. The number of aryl methyl sites for hydroxylation is 2. The number of unbranched alkanes of at least 4 members (excludes halogenated alkanes) is 1. The van der Waals surface area contributed by atoms with E-state index in [0.717, 1.165) is 19.3 Å². The van der Waals surface area contributed by atoms with Crippen molar-refractivity contribution in [2.75, 3.05) is 12.3 Å². The minimum atomic E-state index is -1.21. The lowest BCUT2D eigenvalue weighted by Gasteiger charge is -2.16. The van der Waals surface area contributed by atoms with Gasteiger partial charge in [0.15, 0.2) is 17.7 Å². The number of anilines is 1. The lowest BCUT2D eigenvalue weighted by molar-refractivity contribution is -0.0511. The Hall–Kier alpha value is -2.59. The maximum atomic E-state index is 10.3. The van der Waals surface area contributed by atoms with Crippen molar-refractivity contribution in [3.05, 3.63) is 48.0 Å². The third-order valence-corrected chi connectivity index (χ3v) is 5.24. The summed E-state index contributed by atoms with van der Waals surface area (Å²) in [5.74, 6) is 0.857. The molecule has 3 aromatic rings. The summed E-state index contributed by atoms with van der Waals surface area (Å²) in [6.07, 6.45) is 0.814. The molecule has 3 heterocycles. The van der Waals surface area contributed by atoms with Gasteiger partial charge in [0.2, 0.25) is 0 Å². The van der Waals surface area contributed by atoms with E-state index in [1.54, 1.807) is 0 Å². The Balaban J connectivity index is 1.49. The van der Waals surface area contributed by atoms with E-state index in [9.17, 15) is 15.3 Å². The predicted octanol–water partition coefficient (Wildman–Crippen LogP) is 0.585. The van der Waals surface area contributed by atoms with E-state index in [4.69, 9.17) is 10.5 Å². The first-order valence-electron chi connectivity index (χ1n) is 9.73. The molecule has 2 aromatic heterocycles. The second-order valence-corrected chi connectivity index (χ2v) is 7.27. The van der Waals surface area contributed by atoms with Crippen molar-refractivity contribution in [3.8, 4) is 0 Å².